The average molecular weight is 491 g/mol. The normalized spacial score (nSPS) is 31.2. The predicted octanol–water partition coefficient (Wildman–Crippen LogP) is 6.20. The molecule has 0 N–H and O–H groups in total. The molecule has 35 heavy (non-hydrogen) atoms. The van der Waals surface area contributed by atoms with Crippen LogP contribution in [0.1, 0.15) is 98.8 Å². The maximum absolute atomic E-state index is 13.9. The Balaban J connectivity index is 1.18. The summed E-state index contributed by atoms with van der Waals surface area (Å²) in [6.45, 7) is 2.27. The molecule has 2 bridgehead atoms. The van der Waals surface area contributed by atoms with Gasteiger partial charge in [-0.15, -0.1) is 0 Å². The zero-order valence-corrected chi connectivity index (χ0v) is 20.1. The van der Waals surface area contributed by atoms with Gasteiger partial charge in [-0.05, 0) is 64.4 Å². The van der Waals surface area contributed by atoms with Crippen LogP contribution in [0.3, 0.4) is 0 Å². The number of nitrogens with zero attached hydrogens (tertiary/aromatic N) is 4. The van der Waals surface area contributed by atoms with Gasteiger partial charge in [0, 0.05) is 41.4 Å². The van der Waals surface area contributed by atoms with E-state index >= 15 is 0 Å². The lowest BCUT2D eigenvalue weighted by molar-refractivity contribution is -0.187. The van der Waals surface area contributed by atoms with Crippen LogP contribution in [0, 0.1) is 12.8 Å². The third kappa shape index (κ3) is 4.56. The fourth-order valence-electron chi connectivity index (χ4n) is 6.64. The molecule has 0 amide bonds. The van der Waals surface area contributed by atoms with Crippen LogP contribution in [0.2, 0.25) is 0 Å². The number of piperidine rings is 1. The Labute approximate surface area is 203 Å². The highest BCUT2D eigenvalue weighted by Crippen LogP contribution is 2.50. The minimum atomic E-state index is -4.22. The summed E-state index contributed by atoms with van der Waals surface area (Å²) in [5, 5.41) is 4.25. The van der Waals surface area contributed by atoms with E-state index in [9.17, 15) is 13.2 Å². The minimum absolute atomic E-state index is 0.0631. The van der Waals surface area contributed by atoms with Gasteiger partial charge in [0.25, 0.3) is 0 Å². The van der Waals surface area contributed by atoms with E-state index in [4.69, 9.17) is 9.26 Å². The van der Waals surface area contributed by atoms with Gasteiger partial charge < -0.3 is 14.2 Å². The van der Waals surface area contributed by atoms with Gasteiger partial charge in [0.2, 0.25) is 5.95 Å². The van der Waals surface area contributed by atoms with E-state index < -0.39 is 18.0 Å². The summed E-state index contributed by atoms with van der Waals surface area (Å²) in [4.78, 5) is 11.5. The molecule has 2 aliphatic heterocycles. The molecule has 4 unspecified atom stereocenters. The first-order valence-corrected chi connectivity index (χ1v) is 13.1. The van der Waals surface area contributed by atoms with E-state index in [1.54, 1.807) is 0 Å². The minimum Gasteiger partial charge on any atom is -0.373 e. The summed E-state index contributed by atoms with van der Waals surface area (Å²) in [6.07, 6.45) is 5.69. The van der Waals surface area contributed by atoms with Crippen molar-refractivity contribution in [3.8, 4) is 0 Å². The highest BCUT2D eigenvalue weighted by molar-refractivity contribution is 5.38. The van der Waals surface area contributed by atoms with E-state index in [0.29, 0.717) is 30.6 Å². The van der Waals surface area contributed by atoms with Crippen molar-refractivity contribution in [2.45, 2.75) is 114 Å². The summed E-state index contributed by atoms with van der Waals surface area (Å²) in [5.41, 5.74) is 2.26. The van der Waals surface area contributed by atoms with E-state index in [1.165, 1.54) is 0 Å². The predicted molar refractivity (Wildman–Crippen MR) is 123 cm³/mol. The molecule has 2 aromatic heterocycles. The Kier molecular flexibility index (Phi) is 6.01. The van der Waals surface area contributed by atoms with E-state index in [-0.39, 0.29) is 25.0 Å². The maximum Gasteiger partial charge on any atom is 0.392 e. The highest BCUT2D eigenvalue weighted by Gasteiger charge is 2.49. The number of aryl methyl sites for hydroxylation is 1. The molecule has 2 saturated carbocycles. The Hall–Kier alpha value is -2.16. The van der Waals surface area contributed by atoms with Gasteiger partial charge in [-0.3, -0.25) is 0 Å². The Bertz CT molecular complexity index is 1040. The van der Waals surface area contributed by atoms with Crippen LogP contribution < -0.4 is 4.90 Å². The number of alkyl halides is 3. The number of ether oxygens (including phenoxy) is 1. The quantitative estimate of drug-likeness (QED) is 0.480. The zero-order chi connectivity index (χ0) is 24.2. The van der Waals surface area contributed by atoms with Crippen molar-refractivity contribution in [1.29, 1.82) is 0 Å². The van der Waals surface area contributed by atoms with Crippen molar-refractivity contribution >= 4 is 5.95 Å². The standard InChI is InChI=1S/C26H33F3N4O2/c1-15-10-11-30-25(31-15)33-17-8-9-18(33)13-19(12-17)34-14-21-23(32-35-24(21)16-6-7-16)20-4-2-3-5-22(20)26(27,28)29/h10-11,16-20,22H,2-9,12-14H2,1H3. The molecule has 4 fully saturated rings. The number of aromatic nitrogens is 3. The van der Waals surface area contributed by atoms with Gasteiger partial charge in [-0.25, -0.2) is 9.97 Å². The van der Waals surface area contributed by atoms with Crippen LogP contribution in [0.15, 0.2) is 16.8 Å². The Morgan fingerprint density at radius 2 is 1.80 bits per heavy atom. The van der Waals surface area contributed by atoms with Crippen LogP contribution >= 0.6 is 0 Å². The van der Waals surface area contributed by atoms with Crippen LogP contribution in [0.25, 0.3) is 0 Å². The van der Waals surface area contributed by atoms with Crippen molar-refractivity contribution in [2.75, 3.05) is 4.90 Å². The molecule has 190 valence electrons. The number of hydrogen-bond donors (Lipinski definition) is 0. The van der Waals surface area contributed by atoms with E-state index in [0.717, 1.165) is 67.9 Å². The van der Waals surface area contributed by atoms with Crippen LogP contribution in [0.4, 0.5) is 19.1 Å². The second-order valence-electron chi connectivity index (χ2n) is 10.9. The Morgan fingerprint density at radius 1 is 1.06 bits per heavy atom. The Morgan fingerprint density at radius 3 is 2.49 bits per heavy atom. The van der Waals surface area contributed by atoms with Crippen molar-refractivity contribution in [1.82, 2.24) is 15.1 Å². The first-order chi connectivity index (χ1) is 16.9. The monoisotopic (exact) mass is 490 g/mol. The lowest BCUT2D eigenvalue weighted by atomic mass is 9.76. The summed E-state index contributed by atoms with van der Waals surface area (Å²) in [6, 6.07) is 2.57. The molecule has 6 nitrogen and oxygen atoms in total. The summed E-state index contributed by atoms with van der Waals surface area (Å²) in [5.74, 6) is -0.140. The van der Waals surface area contributed by atoms with Gasteiger partial charge >= 0.3 is 6.18 Å². The van der Waals surface area contributed by atoms with Crippen LogP contribution in [-0.4, -0.2) is 39.5 Å². The van der Waals surface area contributed by atoms with E-state index in [1.807, 2.05) is 19.2 Å². The first kappa shape index (κ1) is 23.3. The topological polar surface area (TPSA) is 64.3 Å². The fourth-order valence-corrected chi connectivity index (χ4v) is 6.64. The molecule has 6 rings (SSSR count). The van der Waals surface area contributed by atoms with Gasteiger partial charge in [-0.2, -0.15) is 13.2 Å². The second-order valence-corrected chi connectivity index (χ2v) is 10.9. The molecule has 2 saturated heterocycles. The molecular formula is C26H33F3N4O2. The molecule has 2 aliphatic carbocycles. The molecule has 0 aromatic carbocycles. The highest BCUT2D eigenvalue weighted by atomic mass is 19.4. The number of fused-ring (bicyclic) bond motifs is 2. The molecular weight excluding hydrogens is 457 g/mol. The number of anilines is 1. The second kappa shape index (κ2) is 9.05. The third-order valence-corrected chi connectivity index (χ3v) is 8.50. The lowest BCUT2D eigenvalue weighted by Crippen LogP contribution is -2.46. The van der Waals surface area contributed by atoms with Crippen molar-refractivity contribution < 1.29 is 22.4 Å². The lowest BCUT2D eigenvalue weighted by Gasteiger charge is -2.39. The van der Waals surface area contributed by atoms with E-state index in [2.05, 4.69) is 20.0 Å². The molecule has 0 spiro atoms. The van der Waals surface area contributed by atoms with Crippen LogP contribution in [0.5, 0.6) is 0 Å². The van der Waals surface area contributed by atoms with Gasteiger partial charge in [0.1, 0.15) is 5.76 Å². The third-order valence-electron chi connectivity index (χ3n) is 8.50. The summed E-state index contributed by atoms with van der Waals surface area (Å²) >= 11 is 0. The summed E-state index contributed by atoms with van der Waals surface area (Å²) in [7, 11) is 0. The smallest absolute Gasteiger partial charge is 0.373 e. The summed E-state index contributed by atoms with van der Waals surface area (Å²) < 4.78 is 53.7. The number of rotatable bonds is 6. The van der Waals surface area contributed by atoms with Gasteiger partial charge in [-0.1, -0.05) is 18.0 Å². The molecule has 4 aliphatic rings. The van der Waals surface area contributed by atoms with Crippen molar-refractivity contribution in [3.05, 3.63) is 35.0 Å². The molecule has 9 heteroatoms. The van der Waals surface area contributed by atoms with Crippen molar-refractivity contribution in [3.63, 3.8) is 0 Å². The molecule has 4 atom stereocenters. The molecule has 4 heterocycles. The van der Waals surface area contributed by atoms with Gasteiger partial charge in [0.15, 0.2) is 0 Å². The molecule has 0 radical (unpaired) electrons. The fraction of sp³-hybridized carbons (Fsp3) is 0.731. The number of hydrogen-bond acceptors (Lipinski definition) is 6. The van der Waals surface area contributed by atoms with Crippen LogP contribution in [-0.2, 0) is 11.3 Å². The largest absolute Gasteiger partial charge is 0.392 e. The van der Waals surface area contributed by atoms with Crippen molar-refractivity contribution in [2.24, 2.45) is 5.92 Å². The SMILES string of the molecule is Cc1ccnc(N2C3CCC2CC(OCc2c(C4CCCCC4C(F)(F)F)noc2C2CC2)C3)n1. The maximum atomic E-state index is 13.9. The average Bonchev–Trinajstić information content (AvgIpc) is 3.53. The van der Waals surface area contributed by atoms with Gasteiger partial charge in [0.05, 0.1) is 24.3 Å². The molecule has 2 aromatic rings. The number of halogens is 3. The first-order valence-electron chi connectivity index (χ1n) is 13.1. The zero-order valence-electron chi connectivity index (χ0n) is 20.1.